The zero-order valence-corrected chi connectivity index (χ0v) is 28.9. The minimum absolute atomic E-state index is 0.00409. The van der Waals surface area contributed by atoms with E-state index in [0.717, 1.165) is 25.7 Å². The number of carbonyl (C=O) groups is 6. The number of unbranched alkanes of at least 4 members (excludes halogenated alkanes) is 1. The zero-order valence-electron chi connectivity index (χ0n) is 28.9. The number of carbonyl (C=O) groups excluding carboxylic acids is 6. The lowest BCUT2D eigenvalue weighted by atomic mass is 9.84. The van der Waals surface area contributed by atoms with E-state index in [1.54, 1.807) is 13.8 Å². The van der Waals surface area contributed by atoms with Gasteiger partial charge in [0.15, 0.2) is 5.82 Å². The van der Waals surface area contributed by atoms with E-state index in [4.69, 9.17) is 0 Å². The van der Waals surface area contributed by atoms with Gasteiger partial charge in [-0.3, -0.25) is 28.8 Å². The highest BCUT2D eigenvalue weighted by atomic mass is 16.2. The van der Waals surface area contributed by atoms with E-state index >= 15 is 0 Å². The largest absolute Gasteiger partial charge is 0.347 e. The Morgan fingerprint density at radius 3 is 2.23 bits per heavy atom. The van der Waals surface area contributed by atoms with Crippen LogP contribution in [0, 0.1) is 17.3 Å². The summed E-state index contributed by atoms with van der Waals surface area (Å²) in [5.74, 6) is -3.58. The fourth-order valence-electron chi connectivity index (χ4n) is 5.89. The number of aromatic nitrogens is 4. The molecule has 15 nitrogen and oxygen atoms in total. The number of H-pyrrole nitrogens is 1. The molecule has 2 aliphatic rings. The number of amides is 5. The number of rotatable bonds is 17. The van der Waals surface area contributed by atoms with Gasteiger partial charge in [0.2, 0.25) is 29.4 Å². The van der Waals surface area contributed by atoms with E-state index in [1.165, 1.54) is 4.90 Å². The smallest absolute Gasteiger partial charge is 0.289 e. The number of nitrogens with one attached hydrogen (secondary N) is 5. The zero-order chi connectivity index (χ0) is 34.9. The van der Waals surface area contributed by atoms with Crippen molar-refractivity contribution in [3.8, 4) is 0 Å². The topological polar surface area (TPSA) is 208 Å². The van der Waals surface area contributed by atoms with Crippen molar-refractivity contribution in [1.82, 2.24) is 46.8 Å². The molecule has 5 amide bonds. The first-order chi connectivity index (χ1) is 22.2. The van der Waals surface area contributed by atoms with E-state index < -0.39 is 64.9 Å². The highest BCUT2D eigenvalue weighted by molar-refractivity contribution is 6.38. The molecule has 2 heterocycles. The Morgan fingerprint density at radius 1 is 0.979 bits per heavy atom. The third kappa shape index (κ3) is 10.5. The standard InChI is InChI=1S/C32H53N9O6/c1-8-10-12-19-15-16-41(25(19)29(45)34-21(11-9-2)26(43)30(46)33-20-13-14-20)31(47)27(32(5,6)7)36-28(44)24(18(3)4)35-23(42)17-22-37-39-40-38-22/h18-21,24-25,27H,8-17H2,1-7H3,(H,33,46)(H,34,45)(H,35,42)(H,36,44)(H,37,38,39,40)/t19-,21?,24-,25-,27+/m0/s1. The normalized spacial score (nSPS) is 19.9. The van der Waals surface area contributed by atoms with Crippen LogP contribution in [0.5, 0.6) is 0 Å². The van der Waals surface area contributed by atoms with Gasteiger partial charge in [-0.1, -0.05) is 72.9 Å². The van der Waals surface area contributed by atoms with E-state index in [1.807, 2.05) is 27.7 Å². The number of tetrazole rings is 1. The SMILES string of the molecule is CCCC[C@H]1CCN(C(=O)[C@@H](NC(=O)[C@@H](NC(=O)Cc2nn[nH]n2)C(C)C)C(C)(C)C)[C@@H]1C(=O)NC(CCC)C(=O)C(=O)NC1CC1. The first-order valence-electron chi connectivity index (χ1n) is 16.9. The molecular weight excluding hydrogens is 606 g/mol. The second-order valence-corrected chi connectivity index (χ2v) is 14.2. The molecule has 0 aromatic carbocycles. The quantitative estimate of drug-likeness (QED) is 0.151. The third-order valence-corrected chi connectivity index (χ3v) is 8.72. The molecule has 1 aromatic rings. The molecule has 2 fully saturated rings. The highest BCUT2D eigenvalue weighted by Crippen LogP contribution is 2.32. The summed E-state index contributed by atoms with van der Waals surface area (Å²) >= 11 is 0. The Balaban J connectivity index is 1.81. The molecule has 1 unspecified atom stereocenters. The molecule has 0 bridgehead atoms. The maximum absolute atomic E-state index is 14.4. The average molecular weight is 660 g/mol. The van der Waals surface area contributed by atoms with Crippen LogP contribution in [-0.4, -0.2) is 97.6 Å². The average Bonchev–Trinajstić information content (AvgIpc) is 3.47. The Morgan fingerprint density at radius 2 is 1.68 bits per heavy atom. The maximum atomic E-state index is 14.4. The van der Waals surface area contributed by atoms with Gasteiger partial charge in [-0.05, 0) is 49.4 Å². The molecule has 1 saturated carbocycles. The van der Waals surface area contributed by atoms with Gasteiger partial charge < -0.3 is 26.2 Å². The van der Waals surface area contributed by atoms with Gasteiger partial charge in [0.25, 0.3) is 5.91 Å². The van der Waals surface area contributed by atoms with Crippen LogP contribution < -0.4 is 21.3 Å². The van der Waals surface area contributed by atoms with Crippen LogP contribution >= 0.6 is 0 Å². The van der Waals surface area contributed by atoms with Gasteiger partial charge in [-0.25, -0.2) is 0 Å². The van der Waals surface area contributed by atoms with E-state index in [-0.39, 0.29) is 30.1 Å². The number of likely N-dealkylation sites (tertiary alicyclic amines) is 1. The summed E-state index contributed by atoms with van der Waals surface area (Å²) in [6, 6.07) is -3.85. The molecule has 1 aromatic heterocycles. The molecule has 3 rings (SSSR count). The first kappa shape index (κ1) is 37.5. The molecule has 0 spiro atoms. The molecule has 15 heteroatoms. The lowest BCUT2D eigenvalue weighted by molar-refractivity contribution is -0.146. The number of hydrogen-bond donors (Lipinski definition) is 5. The minimum atomic E-state index is -1.03. The van der Waals surface area contributed by atoms with Crippen LogP contribution in [0.1, 0.15) is 106 Å². The monoisotopic (exact) mass is 659 g/mol. The lowest BCUT2D eigenvalue weighted by Gasteiger charge is -2.37. The predicted molar refractivity (Wildman–Crippen MR) is 172 cm³/mol. The Bertz CT molecular complexity index is 1260. The number of hydrogen-bond acceptors (Lipinski definition) is 9. The van der Waals surface area contributed by atoms with Crippen molar-refractivity contribution >= 4 is 35.3 Å². The van der Waals surface area contributed by atoms with Gasteiger partial charge in [0, 0.05) is 12.6 Å². The van der Waals surface area contributed by atoms with Crippen LogP contribution in [0.15, 0.2) is 0 Å². The summed E-state index contributed by atoms with van der Waals surface area (Å²) < 4.78 is 0. The summed E-state index contributed by atoms with van der Waals surface area (Å²) in [7, 11) is 0. The van der Waals surface area contributed by atoms with Crippen molar-refractivity contribution in [1.29, 1.82) is 0 Å². The van der Waals surface area contributed by atoms with Crippen LogP contribution in [-0.2, 0) is 35.2 Å². The number of nitrogens with zero attached hydrogens (tertiary/aromatic N) is 4. The van der Waals surface area contributed by atoms with Crippen molar-refractivity contribution in [2.45, 2.75) is 136 Å². The van der Waals surface area contributed by atoms with Crippen molar-refractivity contribution in [3.05, 3.63) is 5.82 Å². The van der Waals surface area contributed by atoms with Gasteiger partial charge >= 0.3 is 0 Å². The number of ketones is 1. The summed E-state index contributed by atoms with van der Waals surface area (Å²) in [4.78, 5) is 81.9. The van der Waals surface area contributed by atoms with Gasteiger partial charge in [-0.15, -0.1) is 10.2 Å². The molecule has 1 aliphatic heterocycles. The number of Topliss-reactive ketones (excluding diaryl/α,β-unsaturated/α-hetero) is 1. The lowest BCUT2D eigenvalue weighted by Crippen LogP contribution is -2.62. The van der Waals surface area contributed by atoms with Crippen molar-refractivity contribution in [3.63, 3.8) is 0 Å². The minimum Gasteiger partial charge on any atom is -0.347 e. The molecule has 1 saturated heterocycles. The molecule has 0 radical (unpaired) electrons. The van der Waals surface area contributed by atoms with Gasteiger partial charge in [0.05, 0.1) is 12.5 Å². The second kappa shape index (κ2) is 16.8. The Kier molecular flexibility index (Phi) is 13.4. The predicted octanol–water partition coefficient (Wildman–Crippen LogP) is 0.954. The van der Waals surface area contributed by atoms with Crippen LogP contribution in [0.25, 0.3) is 0 Å². The molecule has 5 N–H and O–H groups in total. The summed E-state index contributed by atoms with van der Waals surface area (Å²) in [6.07, 6.45) is 5.41. The Hall–Kier alpha value is -3.91. The summed E-state index contributed by atoms with van der Waals surface area (Å²) in [6.45, 7) is 13.3. The molecular formula is C32H53N9O6. The summed E-state index contributed by atoms with van der Waals surface area (Å²) in [5.41, 5.74) is -0.757. The third-order valence-electron chi connectivity index (χ3n) is 8.72. The molecule has 262 valence electrons. The summed E-state index contributed by atoms with van der Waals surface area (Å²) in [5, 5.41) is 24.4. The van der Waals surface area contributed by atoms with E-state index in [0.29, 0.717) is 32.2 Å². The van der Waals surface area contributed by atoms with Gasteiger partial charge in [0.1, 0.15) is 18.1 Å². The van der Waals surface area contributed by atoms with Crippen molar-refractivity contribution in [2.24, 2.45) is 17.3 Å². The first-order valence-corrected chi connectivity index (χ1v) is 16.9. The highest BCUT2D eigenvalue weighted by Gasteiger charge is 2.47. The van der Waals surface area contributed by atoms with Crippen molar-refractivity contribution < 1.29 is 28.8 Å². The second-order valence-electron chi connectivity index (χ2n) is 14.2. The van der Waals surface area contributed by atoms with Gasteiger partial charge in [-0.2, -0.15) is 5.21 Å². The van der Waals surface area contributed by atoms with E-state index in [2.05, 4.69) is 48.8 Å². The van der Waals surface area contributed by atoms with Crippen molar-refractivity contribution in [2.75, 3.05) is 6.54 Å². The van der Waals surface area contributed by atoms with Crippen LogP contribution in [0.4, 0.5) is 0 Å². The van der Waals surface area contributed by atoms with Crippen LogP contribution in [0.3, 0.4) is 0 Å². The molecule has 47 heavy (non-hydrogen) atoms. The molecule has 1 aliphatic carbocycles. The number of aromatic amines is 1. The fraction of sp³-hybridized carbons (Fsp3) is 0.781. The Labute approximate surface area is 276 Å². The molecule has 5 atom stereocenters. The fourth-order valence-corrected chi connectivity index (χ4v) is 5.89. The van der Waals surface area contributed by atoms with Crippen LogP contribution in [0.2, 0.25) is 0 Å². The maximum Gasteiger partial charge on any atom is 0.289 e. The van der Waals surface area contributed by atoms with E-state index in [9.17, 15) is 28.8 Å².